The zero-order valence-corrected chi connectivity index (χ0v) is 15.0. The molecule has 1 N–H and O–H groups in total. The Morgan fingerprint density at radius 1 is 1.27 bits per heavy atom. The lowest BCUT2D eigenvalue weighted by molar-refractivity contribution is -0.125. The van der Waals surface area contributed by atoms with Gasteiger partial charge in [-0.25, -0.2) is 14.6 Å². The summed E-state index contributed by atoms with van der Waals surface area (Å²) in [4.78, 5) is 22.8. The van der Waals surface area contributed by atoms with Gasteiger partial charge < -0.3 is 10.2 Å². The quantitative estimate of drug-likeness (QED) is 0.725. The van der Waals surface area contributed by atoms with Crippen molar-refractivity contribution in [2.45, 2.75) is 6.42 Å². The minimum atomic E-state index is -0.0399. The van der Waals surface area contributed by atoms with Crippen molar-refractivity contribution in [3.8, 4) is 0 Å². The molecule has 0 atom stereocenters. The number of amides is 1. The molecule has 3 heterocycles. The zero-order valence-electron chi connectivity index (χ0n) is 14.3. The average Bonchev–Trinajstić information content (AvgIpc) is 2.98. The Bertz CT molecular complexity index is 934. The number of nitrogens with one attached hydrogen (secondary N) is 1. The van der Waals surface area contributed by atoms with E-state index in [1.54, 1.807) is 11.7 Å². The molecule has 0 bridgehead atoms. The van der Waals surface area contributed by atoms with Crippen molar-refractivity contribution in [2.24, 2.45) is 13.0 Å². The largest absolute Gasteiger partial charge is 0.355 e. The van der Waals surface area contributed by atoms with Crippen LogP contribution >= 0.6 is 11.6 Å². The second-order valence-corrected chi connectivity index (χ2v) is 6.79. The highest BCUT2D eigenvalue weighted by molar-refractivity contribution is 6.30. The van der Waals surface area contributed by atoms with Gasteiger partial charge >= 0.3 is 0 Å². The van der Waals surface area contributed by atoms with Gasteiger partial charge in [-0.3, -0.25) is 4.79 Å². The Morgan fingerprint density at radius 2 is 2.04 bits per heavy atom. The summed E-state index contributed by atoms with van der Waals surface area (Å²) in [6.45, 7) is 1.85. The minimum Gasteiger partial charge on any atom is -0.355 e. The molecule has 1 aliphatic rings. The summed E-state index contributed by atoms with van der Waals surface area (Å²) < 4.78 is 1.61. The molecule has 3 aromatic rings. The summed E-state index contributed by atoms with van der Waals surface area (Å²) in [5.41, 5.74) is 2.50. The third-order valence-corrected chi connectivity index (χ3v) is 4.80. The van der Waals surface area contributed by atoms with Gasteiger partial charge in [-0.15, -0.1) is 5.10 Å². The number of aromatic nitrogens is 5. The van der Waals surface area contributed by atoms with E-state index >= 15 is 0 Å². The topological polar surface area (TPSA) is 88.8 Å². The number of carbonyl (C=O) groups is 1. The van der Waals surface area contributed by atoms with Crippen LogP contribution in [-0.2, 0) is 18.3 Å². The van der Waals surface area contributed by atoms with E-state index < -0.39 is 0 Å². The number of hydrogen-bond donors (Lipinski definition) is 1. The van der Waals surface area contributed by atoms with Crippen LogP contribution in [0, 0.1) is 5.92 Å². The molecule has 134 valence electrons. The lowest BCUT2D eigenvalue weighted by Gasteiger charge is -2.38. The van der Waals surface area contributed by atoms with E-state index in [1.807, 2.05) is 29.2 Å². The normalized spacial score (nSPS) is 14.5. The van der Waals surface area contributed by atoms with Gasteiger partial charge in [0.25, 0.3) is 0 Å². The third kappa shape index (κ3) is 3.20. The molecule has 1 fully saturated rings. The molecule has 0 spiro atoms. The second-order valence-electron chi connectivity index (χ2n) is 6.35. The maximum Gasteiger partial charge on any atom is 0.226 e. The van der Waals surface area contributed by atoms with Crippen LogP contribution < -0.4 is 10.2 Å². The lowest BCUT2D eigenvalue weighted by atomic mass is 9.99. The molecule has 0 aliphatic carbocycles. The standard InChI is InChI=1S/C17H18ClN7O/c1-24-15-14(22-23-24)16(21-10-20-15)25-8-12(9-25)17(26)19-7-6-11-2-4-13(18)5-3-11/h2-5,10,12H,6-9H2,1H3,(H,19,26). The van der Waals surface area contributed by atoms with Crippen LogP contribution in [0.5, 0.6) is 0 Å². The zero-order chi connectivity index (χ0) is 18.1. The highest BCUT2D eigenvalue weighted by atomic mass is 35.5. The van der Waals surface area contributed by atoms with Crippen LogP contribution in [0.15, 0.2) is 30.6 Å². The Balaban J connectivity index is 1.30. The Kier molecular flexibility index (Phi) is 4.42. The molecule has 0 unspecified atom stereocenters. The maximum absolute atomic E-state index is 12.3. The Labute approximate surface area is 155 Å². The van der Waals surface area contributed by atoms with Gasteiger partial charge in [-0.1, -0.05) is 28.9 Å². The molecule has 1 aliphatic heterocycles. The van der Waals surface area contributed by atoms with Crippen molar-refractivity contribution in [1.82, 2.24) is 30.3 Å². The van der Waals surface area contributed by atoms with E-state index in [-0.39, 0.29) is 11.8 Å². The number of carbonyl (C=O) groups excluding carboxylic acids is 1. The molecule has 1 saturated heterocycles. The fourth-order valence-corrected chi connectivity index (χ4v) is 3.14. The number of fused-ring (bicyclic) bond motifs is 1. The van der Waals surface area contributed by atoms with Crippen molar-refractivity contribution < 1.29 is 4.79 Å². The molecule has 4 rings (SSSR count). The molecule has 0 radical (unpaired) electrons. The number of anilines is 1. The second kappa shape index (κ2) is 6.87. The van der Waals surface area contributed by atoms with Crippen molar-refractivity contribution >= 4 is 34.5 Å². The van der Waals surface area contributed by atoms with Crippen LogP contribution in [0.4, 0.5) is 5.82 Å². The predicted octanol–water partition coefficient (Wildman–Crippen LogP) is 1.21. The number of halogens is 1. The first-order valence-corrected chi connectivity index (χ1v) is 8.77. The van der Waals surface area contributed by atoms with Gasteiger partial charge in [0.05, 0.1) is 5.92 Å². The highest BCUT2D eigenvalue weighted by Crippen LogP contribution is 2.27. The summed E-state index contributed by atoms with van der Waals surface area (Å²) in [5.74, 6) is 0.759. The minimum absolute atomic E-state index is 0.0399. The summed E-state index contributed by atoms with van der Waals surface area (Å²) in [6, 6.07) is 7.66. The molecule has 0 saturated carbocycles. The van der Waals surface area contributed by atoms with Crippen molar-refractivity contribution in [3.63, 3.8) is 0 Å². The average molecular weight is 372 g/mol. The smallest absolute Gasteiger partial charge is 0.226 e. The number of nitrogens with zero attached hydrogens (tertiary/aromatic N) is 6. The van der Waals surface area contributed by atoms with E-state index in [0.29, 0.717) is 35.8 Å². The van der Waals surface area contributed by atoms with E-state index in [0.717, 1.165) is 17.8 Å². The first-order chi connectivity index (χ1) is 12.6. The first kappa shape index (κ1) is 16.7. The molecular weight excluding hydrogens is 354 g/mol. The summed E-state index contributed by atoms with van der Waals surface area (Å²) in [7, 11) is 1.79. The van der Waals surface area contributed by atoms with Gasteiger partial charge in [-0.2, -0.15) is 0 Å². The number of benzene rings is 1. The highest BCUT2D eigenvalue weighted by Gasteiger charge is 2.34. The van der Waals surface area contributed by atoms with Crippen LogP contribution in [-0.4, -0.2) is 50.5 Å². The number of hydrogen-bond acceptors (Lipinski definition) is 6. The Morgan fingerprint density at radius 3 is 2.81 bits per heavy atom. The van der Waals surface area contributed by atoms with Crippen LogP contribution in [0.1, 0.15) is 5.56 Å². The molecule has 1 amide bonds. The molecule has 9 heteroatoms. The number of rotatable bonds is 5. The van der Waals surface area contributed by atoms with Gasteiger partial charge in [0.15, 0.2) is 17.0 Å². The summed E-state index contributed by atoms with van der Waals surface area (Å²) in [5, 5.41) is 11.8. The van der Waals surface area contributed by atoms with Gasteiger partial charge in [0.2, 0.25) is 5.91 Å². The maximum atomic E-state index is 12.3. The van der Waals surface area contributed by atoms with Gasteiger partial charge in [0, 0.05) is 31.7 Å². The van der Waals surface area contributed by atoms with E-state index in [4.69, 9.17) is 11.6 Å². The van der Waals surface area contributed by atoms with Crippen molar-refractivity contribution in [1.29, 1.82) is 0 Å². The summed E-state index contributed by atoms with van der Waals surface area (Å²) >= 11 is 5.87. The molecule has 1 aromatic carbocycles. The fourth-order valence-electron chi connectivity index (χ4n) is 3.02. The fraction of sp³-hybridized carbons (Fsp3) is 0.353. The van der Waals surface area contributed by atoms with Gasteiger partial charge in [-0.05, 0) is 24.1 Å². The summed E-state index contributed by atoms with van der Waals surface area (Å²) in [6.07, 6.45) is 2.28. The Hall–Kier alpha value is -2.74. The molecule has 2 aromatic heterocycles. The lowest BCUT2D eigenvalue weighted by Crippen LogP contribution is -2.54. The van der Waals surface area contributed by atoms with Crippen LogP contribution in [0.2, 0.25) is 5.02 Å². The molecule has 26 heavy (non-hydrogen) atoms. The number of aryl methyl sites for hydroxylation is 1. The van der Waals surface area contributed by atoms with Crippen molar-refractivity contribution in [2.75, 3.05) is 24.5 Å². The van der Waals surface area contributed by atoms with Crippen LogP contribution in [0.3, 0.4) is 0 Å². The molecular formula is C17H18ClN7O. The first-order valence-electron chi connectivity index (χ1n) is 8.39. The third-order valence-electron chi connectivity index (χ3n) is 4.55. The van der Waals surface area contributed by atoms with E-state index in [1.165, 1.54) is 6.33 Å². The van der Waals surface area contributed by atoms with E-state index in [2.05, 4.69) is 25.6 Å². The molecule has 8 nitrogen and oxygen atoms in total. The van der Waals surface area contributed by atoms with Gasteiger partial charge in [0.1, 0.15) is 6.33 Å². The monoisotopic (exact) mass is 371 g/mol. The SMILES string of the molecule is Cn1nnc2c(N3CC(C(=O)NCCc4ccc(Cl)cc4)C3)ncnc21. The van der Waals surface area contributed by atoms with E-state index in [9.17, 15) is 4.79 Å². The predicted molar refractivity (Wildman–Crippen MR) is 98.0 cm³/mol. The van der Waals surface area contributed by atoms with Crippen molar-refractivity contribution in [3.05, 3.63) is 41.2 Å². The van der Waals surface area contributed by atoms with Crippen LogP contribution in [0.25, 0.3) is 11.2 Å².